The molecule has 0 bridgehead atoms. The van der Waals surface area contributed by atoms with E-state index in [0.29, 0.717) is 27.6 Å². The molecule has 0 fully saturated rings. The predicted octanol–water partition coefficient (Wildman–Crippen LogP) is 1.83. The first-order chi connectivity index (χ1) is 10.0. The number of nitrogens with one attached hydrogen (secondary N) is 1. The molecule has 0 unspecified atom stereocenters. The van der Waals surface area contributed by atoms with Gasteiger partial charge >= 0.3 is 0 Å². The van der Waals surface area contributed by atoms with Gasteiger partial charge in [0.25, 0.3) is 11.8 Å². The summed E-state index contributed by atoms with van der Waals surface area (Å²) in [5, 5.41) is 3.59. The Balaban J connectivity index is 2.19. The van der Waals surface area contributed by atoms with Crippen LogP contribution in [0, 0.1) is 6.92 Å². The van der Waals surface area contributed by atoms with Crippen molar-refractivity contribution >= 4 is 23.2 Å². The largest absolute Gasteiger partial charge is 0.365 e. The van der Waals surface area contributed by atoms with Gasteiger partial charge in [-0.2, -0.15) is 0 Å². The molecule has 2 aromatic rings. The van der Waals surface area contributed by atoms with Crippen LogP contribution in [0.25, 0.3) is 0 Å². The summed E-state index contributed by atoms with van der Waals surface area (Å²) in [4.78, 5) is 32.1. The topological polar surface area (TPSA) is 98.0 Å². The zero-order chi connectivity index (χ0) is 15.4. The lowest BCUT2D eigenvalue weighted by Crippen LogP contribution is -2.28. The van der Waals surface area contributed by atoms with E-state index in [2.05, 4.69) is 15.3 Å². The molecule has 2 aromatic heterocycles. The second-order valence-corrected chi connectivity index (χ2v) is 5.53. The lowest BCUT2D eigenvalue weighted by molar-refractivity contribution is 0.0934. The Morgan fingerprint density at radius 1 is 1.38 bits per heavy atom. The van der Waals surface area contributed by atoms with Gasteiger partial charge in [0.1, 0.15) is 9.88 Å². The highest BCUT2D eigenvalue weighted by atomic mass is 32.1. The van der Waals surface area contributed by atoms with Gasteiger partial charge in [0.2, 0.25) is 0 Å². The van der Waals surface area contributed by atoms with Crippen LogP contribution in [0.5, 0.6) is 0 Å². The van der Waals surface area contributed by atoms with Crippen LogP contribution in [0.4, 0.5) is 0 Å². The highest BCUT2D eigenvalue weighted by Gasteiger charge is 2.20. The minimum Gasteiger partial charge on any atom is -0.365 e. The number of thiazole rings is 1. The Bertz CT molecular complexity index is 654. The molecule has 1 atom stereocenters. The van der Waals surface area contributed by atoms with E-state index in [9.17, 15) is 9.59 Å². The van der Waals surface area contributed by atoms with Gasteiger partial charge < -0.3 is 11.1 Å². The molecular formula is C14H16N4O2S. The van der Waals surface area contributed by atoms with E-state index in [1.54, 1.807) is 31.5 Å². The van der Waals surface area contributed by atoms with E-state index < -0.39 is 5.91 Å². The fourth-order valence-corrected chi connectivity index (χ4v) is 2.93. The quantitative estimate of drug-likeness (QED) is 0.880. The third-order valence-electron chi connectivity index (χ3n) is 2.99. The van der Waals surface area contributed by atoms with Gasteiger partial charge in [-0.05, 0) is 25.5 Å². The molecule has 0 saturated heterocycles. The van der Waals surface area contributed by atoms with Crippen molar-refractivity contribution in [2.45, 2.75) is 26.3 Å². The number of rotatable bonds is 5. The number of carbonyl (C=O) groups excluding carboxylic acids is 2. The molecule has 0 saturated carbocycles. The highest BCUT2D eigenvalue weighted by Crippen LogP contribution is 2.25. The molecule has 21 heavy (non-hydrogen) atoms. The number of aromatic nitrogens is 2. The molecule has 0 aliphatic rings. The average molecular weight is 304 g/mol. The van der Waals surface area contributed by atoms with E-state index in [0.717, 1.165) is 0 Å². The first kappa shape index (κ1) is 15.1. The second kappa shape index (κ2) is 6.45. The third-order valence-corrected chi connectivity index (χ3v) is 4.28. The van der Waals surface area contributed by atoms with Crippen molar-refractivity contribution in [2.75, 3.05) is 0 Å². The smallest absolute Gasteiger partial charge is 0.260 e. The maximum atomic E-state index is 12.2. The number of nitrogens with two attached hydrogens (primary N) is 1. The van der Waals surface area contributed by atoms with Gasteiger partial charge in [-0.1, -0.05) is 6.92 Å². The molecule has 0 aliphatic carbocycles. The Labute approximate surface area is 126 Å². The number of pyridine rings is 1. The second-order valence-electron chi connectivity index (χ2n) is 4.50. The van der Waals surface area contributed by atoms with Crippen LogP contribution >= 0.6 is 11.3 Å². The van der Waals surface area contributed by atoms with Crippen molar-refractivity contribution in [3.63, 3.8) is 0 Å². The first-order valence-corrected chi connectivity index (χ1v) is 7.32. The van der Waals surface area contributed by atoms with Crippen molar-refractivity contribution in [1.82, 2.24) is 15.3 Å². The molecule has 3 N–H and O–H groups in total. The van der Waals surface area contributed by atoms with Crippen molar-refractivity contribution < 1.29 is 9.59 Å². The minimum absolute atomic E-state index is 0.197. The van der Waals surface area contributed by atoms with E-state index in [1.165, 1.54) is 11.3 Å². The summed E-state index contributed by atoms with van der Waals surface area (Å²) in [5.41, 5.74) is 6.43. The SMILES string of the molecule is CC[C@H](NC(=O)c1ccncc1)c1nc(C)c(C(N)=O)s1. The fourth-order valence-electron chi connectivity index (χ4n) is 1.88. The van der Waals surface area contributed by atoms with Crippen molar-refractivity contribution in [2.24, 2.45) is 5.73 Å². The number of amides is 2. The fraction of sp³-hybridized carbons (Fsp3) is 0.286. The molecule has 2 amide bonds. The summed E-state index contributed by atoms with van der Waals surface area (Å²) in [7, 11) is 0. The van der Waals surface area contributed by atoms with E-state index in [1.807, 2.05) is 6.92 Å². The Kier molecular flexibility index (Phi) is 4.64. The minimum atomic E-state index is -0.494. The molecule has 2 rings (SSSR count). The summed E-state index contributed by atoms with van der Waals surface area (Å²) < 4.78 is 0. The van der Waals surface area contributed by atoms with E-state index in [4.69, 9.17) is 5.73 Å². The van der Waals surface area contributed by atoms with Gasteiger partial charge in [-0.3, -0.25) is 14.6 Å². The number of hydrogen-bond donors (Lipinski definition) is 2. The van der Waals surface area contributed by atoms with Gasteiger partial charge in [0.15, 0.2) is 0 Å². The van der Waals surface area contributed by atoms with E-state index in [-0.39, 0.29) is 11.9 Å². The summed E-state index contributed by atoms with van der Waals surface area (Å²) in [6.45, 7) is 3.68. The number of carbonyl (C=O) groups is 2. The standard InChI is InChI=1S/C14H16N4O2S/c1-3-10(14-17-8(2)11(21-14)12(15)19)18-13(20)9-4-6-16-7-5-9/h4-7,10H,3H2,1-2H3,(H2,15,19)(H,18,20)/t10-/m0/s1. The Morgan fingerprint density at radius 3 is 2.57 bits per heavy atom. The van der Waals surface area contributed by atoms with Gasteiger partial charge in [-0.25, -0.2) is 4.98 Å². The zero-order valence-corrected chi connectivity index (χ0v) is 12.6. The number of aryl methyl sites for hydroxylation is 1. The van der Waals surface area contributed by atoms with Crippen LogP contribution in [-0.2, 0) is 0 Å². The monoisotopic (exact) mass is 304 g/mol. The predicted molar refractivity (Wildman–Crippen MR) is 80.1 cm³/mol. The summed E-state index contributed by atoms with van der Waals surface area (Å²) in [6.07, 6.45) is 3.80. The molecule has 0 aromatic carbocycles. The molecule has 110 valence electrons. The molecule has 0 radical (unpaired) electrons. The van der Waals surface area contributed by atoms with Crippen molar-refractivity contribution in [3.8, 4) is 0 Å². The van der Waals surface area contributed by atoms with Crippen LogP contribution in [-0.4, -0.2) is 21.8 Å². The number of hydrogen-bond acceptors (Lipinski definition) is 5. The lowest BCUT2D eigenvalue weighted by Gasteiger charge is -2.14. The summed E-state index contributed by atoms with van der Waals surface area (Å²) in [6, 6.07) is 3.04. The Hall–Kier alpha value is -2.28. The lowest BCUT2D eigenvalue weighted by atomic mass is 10.2. The Morgan fingerprint density at radius 2 is 2.05 bits per heavy atom. The average Bonchev–Trinajstić information content (AvgIpc) is 2.87. The maximum absolute atomic E-state index is 12.2. The number of nitrogens with zero attached hydrogens (tertiary/aromatic N) is 2. The van der Waals surface area contributed by atoms with Gasteiger partial charge in [0, 0.05) is 18.0 Å². The normalized spacial score (nSPS) is 11.9. The molecule has 7 heteroatoms. The first-order valence-electron chi connectivity index (χ1n) is 6.51. The summed E-state index contributed by atoms with van der Waals surface area (Å²) >= 11 is 1.22. The third kappa shape index (κ3) is 3.43. The van der Waals surface area contributed by atoms with Crippen LogP contribution in [0.1, 0.15) is 50.1 Å². The van der Waals surface area contributed by atoms with Crippen molar-refractivity contribution in [1.29, 1.82) is 0 Å². The van der Waals surface area contributed by atoms with Crippen LogP contribution in [0.15, 0.2) is 24.5 Å². The summed E-state index contributed by atoms with van der Waals surface area (Å²) in [5.74, 6) is -0.690. The van der Waals surface area contributed by atoms with Crippen molar-refractivity contribution in [3.05, 3.63) is 45.7 Å². The highest BCUT2D eigenvalue weighted by molar-refractivity contribution is 7.13. The molecular weight excluding hydrogens is 288 g/mol. The van der Waals surface area contributed by atoms with E-state index >= 15 is 0 Å². The van der Waals surface area contributed by atoms with Crippen LogP contribution in [0.2, 0.25) is 0 Å². The molecule has 2 heterocycles. The van der Waals surface area contributed by atoms with Gasteiger partial charge in [0.05, 0.1) is 11.7 Å². The molecule has 6 nitrogen and oxygen atoms in total. The zero-order valence-electron chi connectivity index (χ0n) is 11.8. The molecule has 0 spiro atoms. The number of primary amides is 1. The van der Waals surface area contributed by atoms with Crippen LogP contribution < -0.4 is 11.1 Å². The van der Waals surface area contributed by atoms with Crippen LogP contribution in [0.3, 0.4) is 0 Å². The maximum Gasteiger partial charge on any atom is 0.260 e. The van der Waals surface area contributed by atoms with Gasteiger partial charge in [-0.15, -0.1) is 11.3 Å². The molecule has 0 aliphatic heterocycles.